The molecule has 2 aromatic carbocycles. The average Bonchev–Trinajstić information content (AvgIpc) is 3.37. The van der Waals surface area contributed by atoms with Crippen molar-refractivity contribution in [1.82, 2.24) is 19.9 Å². The molecule has 0 saturated heterocycles. The molecular weight excluding hydrogens is 921 g/mol. The Kier molecular flexibility index (Phi) is 17.2. The van der Waals surface area contributed by atoms with E-state index in [1.54, 1.807) is 119 Å². The maximum absolute atomic E-state index is 14.0. The number of nitrogens with zero attached hydrogens (tertiary/aromatic N) is 4. The first-order valence-electron chi connectivity index (χ1n) is 24.6. The van der Waals surface area contributed by atoms with Gasteiger partial charge in [-0.1, -0.05) is 0 Å². The largest absolute Gasteiger partial charge is 0.465 e. The maximum Gasteiger partial charge on any atom is 0.313 e. The Morgan fingerprint density at radius 1 is 0.397 bits per heavy atom. The van der Waals surface area contributed by atoms with Gasteiger partial charge in [0.05, 0.1) is 40.5 Å². The van der Waals surface area contributed by atoms with Crippen LogP contribution in [0.25, 0.3) is 44.5 Å². The van der Waals surface area contributed by atoms with E-state index in [4.69, 9.17) is 23.7 Å². The zero-order valence-corrected chi connectivity index (χ0v) is 44.4. The molecule has 4 aromatic heterocycles. The van der Waals surface area contributed by atoms with Crippen LogP contribution in [0.2, 0.25) is 0 Å². The van der Waals surface area contributed by atoms with Crippen LogP contribution >= 0.6 is 0 Å². The second kappa shape index (κ2) is 22.7. The summed E-state index contributed by atoms with van der Waals surface area (Å²) >= 11 is 0. The topological polar surface area (TPSA) is 166 Å². The van der Waals surface area contributed by atoms with Crippen LogP contribution < -0.4 is 0 Å². The normalized spacial score (nSPS) is 12.4. The number of carbonyl (C=O) groups excluding carboxylic acids is 4. The Labute approximate surface area is 430 Å². The molecule has 73 heavy (non-hydrogen) atoms. The van der Waals surface area contributed by atoms with Gasteiger partial charge in [-0.05, 0) is 230 Å². The SMILES string of the molecule is CC(C)(CCOC(=O)C(C)(C)CC(C)(C)C(=O)OCc1cc(-c2ccncc2)cc(-c2ccncc2)c1)OCC(C)(C)OC(=O)C(C)(C)C(C)(C)C(=O)OCc1cc(-c2ccncc2)cc(-c2ccncc2)c1. The minimum Gasteiger partial charge on any atom is -0.465 e. The Hall–Kier alpha value is -7.12. The highest BCUT2D eigenvalue weighted by atomic mass is 16.6. The summed E-state index contributed by atoms with van der Waals surface area (Å²) in [7, 11) is 0. The fourth-order valence-corrected chi connectivity index (χ4v) is 8.26. The molecule has 0 bridgehead atoms. The minimum absolute atomic E-state index is 0.0154. The number of ether oxygens (including phenoxy) is 5. The van der Waals surface area contributed by atoms with Crippen LogP contribution in [0.15, 0.2) is 135 Å². The number of rotatable bonds is 22. The van der Waals surface area contributed by atoms with Crippen molar-refractivity contribution < 1.29 is 42.9 Å². The molecule has 13 nitrogen and oxygen atoms in total. The van der Waals surface area contributed by atoms with Crippen LogP contribution in [0.5, 0.6) is 0 Å². The number of pyridine rings is 4. The monoisotopic (exact) mass is 991 g/mol. The molecule has 0 aliphatic heterocycles. The smallest absolute Gasteiger partial charge is 0.313 e. The first kappa shape index (κ1) is 55.2. The lowest BCUT2D eigenvalue weighted by molar-refractivity contribution is -0.192. The lowest BCUT2D eigenvalue weighted by Crippen LogP contribution is -2.49. The van der Waals surface area contributed by atoms with E-state index < -0.39 is 56.7 Å². The van der Waals surface area contributed by atoms with Crippen molar-refractivity contribution in [2.24, 2.45) is 21.7 Å². The number of carbonyl (C=O) groups is 4. The third-order valence-electron chi connectivity index (χ3n) is 13.5. The molecule has 0 fully saturated rings. The van der Waals surface area contributed by atoms with E-state index in [1.807, 2.05) is 86.6 Å². The van der Waals surface area contributed by atoms with Gasteiger partial charge < -0.3 is 23.7 Å². The highest BCUT2D eigenvalue weighted by Crippen LogP contribution is 2.43. The van der Waals surface area contributed by atoms with Crippen molar-refractivity contribution in [3.63, 3.8) is 0 Å². The van der Waals surface area contributed by atoms with Gasteiger partial charge in [0, 0.05) is 56.0 Å². The molecule has 4 heterocycles. The summed E-state index contributed by atoms with van der Waals surface area (Å²) < 4.78 is 30.0. The number of hydrogen-bond acceptors (Lipinski definition) is 13. The van der Waals surface area contributed by atoms with Gasteiger partial charge in [-0.25, -0.2) is 0 Å². The molecule has 6 rings (SSSR count). The zero-order valence-electron chi connectivity index (χ0n) is 44.4. The molecule has 13 heteroatoms. The van der Waals surface area contributed by atoms with E-state index >= 15 is 0 Å². The van der Waals surface area contributed by atoms with E-state index in [0.29, 0.717) is 6.42 Å². The molecular formula is C60H70N4O9. The van der Waals surface area contributed by atoms with Crippen molar-refractivity contribution in [3.05, 3.63) is 146 Å². The summed E-state index contributed by atoms with van der Waals surface area (Å²) in [6, 6.07) is 27.5. The van der Waals surface area contributed by atoms with Gasteiger partial charge >= 0.3 is 23.9 Å². The van der Waals surface area contributed by atoms with E-state index in [9.17, 15) is 19.2 Å². The van der Waals surface area contributed by atoms with Crippen molar-refractivity contribution in [2.75, 3.05) is 13.2 Å². The second-order valence-corrected chi connectivity index (χ2v) is 22.2. The third kappa shape index (κ3) is 14.5. The predicted octanol–water partition coefficient (Wildman–Crippen LogP) is 12.3. The molecule has 0 radical (unpaired) electrons. The molecule has 0 amide bonds. The highest BCUT2D eigenvalue weighted by Gasteiger charge is 2.52. The molecule has 0 saturated carbocycles. The van der Waals surface area contributed by atoms with Gasteiger partial charge in [0.1, 0.15) is 18.8 Å². The van der Waals surface area contributed by atoms with Gasteiger partial charge in [-0.15, -0.1) is 0 Å². The van der Waals surface area contributed by atoms with E-state index in [1.165, 1.54) is 0 Å². The predicted molar refractivity (Wildman–Crippen MR) is 281 cm³/mol. The number of hydrogen-bond donors (Lipinski definition) is 0. The standard InChI is InChI=1S/C60H70N4O9/c1-55(2,39-56(3,4)52(66)70-37-41-31-47(43-13-22-61-23-14-43)35-48(32-41)44-15-24-62-25-16-44)51(65)69-30-21-57(5,6)72-40-58(7,8)73-54(68)60(11,12)59(9,10)53(67)71-38-42-33-49(45-17-26-63-27-18-45)36-50(34-42)46-19-28-64-29-20-46/h13-20,22-29,31-36H,21,30,37-40H2,1-12H3. The summed E-state index contributed by atoms with van der Waals surface area (Å²) in [6.07, 6.45) is 14.4. The first-order valence-corrected chi connectivity index (χ1v) is 24.6. The number of aromatic nitrogens is 4. The van der Waals surface area contributed by atoms with Crippen LogP contribution in [0.4, 0.5) is 0 Å². The van der Waals surface area contributed by atoms with Gasteiger partial charge in [0.2, 0.25) is 0 Å². The lowest BCUT2D eigenvalue weighted by Gasteiger charge is -2.40. The Balaban J connectivity index is 0.981. The molecule has 0 atom stereocenters. The van der Waals surface area contributed by atoms with Crippen LogP contribution in [0, 0.1) is 21.7 Å². The summed E-state index contributed by atoms with van der Waals surface area (Å²) in [5.74, 6) is -2.04. The third-order valence-corrected chi connectivity index (χ3v) is 13.5. The van der Waals surface area contributed by atoms with Crippen LogP contribution in [0.1, 0.15) is 107 Å². The summed E-state index contributed by atoms with van der Waals surface area (Å²) in [5, 5.41) is 0. The summed E-state index contributed by atoms with van der Waals surface area (Å²) in [5.41, 5.74) is 2.76. The average molecular weight is 991 g/mol. The zero-order chi connectivity index (χ0) is 53.2. The minimum atomic E-state index is -1.30. The van der Waals surface area contributed by atoms with Crippen molar-refractivity contribution in [2.45, 2.75) is 120 Å². The molecule has 6 aromatic rings. The van der Waals surface area contributed by atoms with Crippen molar-refractivity contribution in [3.8, 4) is 44.5 Å². The Morgan fingerprint density at radius 3 is 1.10 bits per heavy atom. The molecule has 384 valence electrons. The Morgan fingerprint density at radius 2 is 0.726 bits per heavy atom. The van der Waals surface area contributed by atoms with Gasteiger partial charge in [-0.3, -0.25) is 39.1 Å². The molecule has 0 aliphatic rings. The van der Waals surface area contributed by atoms with Crippen LogP contribution in [-0.2, 0) is 56.1 Å². The summed E-state index contributed by atoms with van der Waals surface area (Å²) in [6.45, 7) is 21.1. The van der Waals surface area contributed by atoms with E-state index in [0.717, 1.165) is 55.6 Å². The fourth-order valence-electron chi connectivity index (χ4n) is 8.26. The second-order valence-electron chi connectivity index (χ2n) is 22.2. The quantitative estimate of drug-likeness (QED) is 0.0466. The van der Waals surface area contributed by atoms with E-state index in [2.05, 4.69) is 32.1 Å². The van der Waals surface area contributed by atoms with Crippen molar-refractivity contribution >= 4 is 23.9 Å². The first-order chi connectivity index (χ1) is 34.3. The number of esters is 4. The van der Waals surface area contributed by atoms with Crippen LogP contribution in [0.3, 0.4) is 0 Å². The summed E-state index contributed by atoms with van der Waals surface area (Å²) in [4.78, 5) is 71.6. The molecule has 0 unspecified atom stereocenters. The molecule has 0 N–H and O–H groups in total. The van der Waals surface area contributed by atoms with Gasteiger partial charge in [0.15, 0.2) is 0 Å². The lowest BCUT2D eigenvalue weighted by atomic mass is 9.68. The molecule has 0 aliphatic carbocycles. The maximum atomic E-state index is 14.0. The molecule has 0 spiro atoms. The van der Waals surface area contributed by atoms with E-state index in [-0.39, 0.29) is 32.8 Å². The van der Waals surface area contributed by atoms with Crippen LogP contribution in [-0.4, -0.2) is 68.2 Å². The van der Waals surface area contributed by atoms with Gasteiger partial charge in [0.25, 0.3) is 0 Å². The highest BCUT2D eigenvalue weighted by molar-refractivity contribution is 5.87. The Bertz CT molecular complexity index is 2730. The van der Waals surface area contributed by atoms with Crippen molar-refractivity contribution in [1.29, 1.82) is 0 Å². The fraction of sp³-hybridized carbons (Fsp3) is 0.400. The van der Waals surface area contributed by atoms with Gasteiger partial charge in [-0.2, -0.15) is 0 Å². The number of benzene rings is 2.